The van der Waals surface area contributed by atoms with Crippen LogP contribution in [0.3, 0.4) is 0 Å². The monoisotopic (exact) mass is 495 g/mol. The first kappa shape index (κ1) is 26.6. The van der Waals surface area contributed by atoms with Crippen molar-refractivity contribution in [2.24, 2.45) is 10.2 Å². The second-order valence-corrected chi connectivity index (χ2v) is 8.17. The number of hydrogen-bond donors (Lipinski definition) is 2. The molecule has 10 heteroatoms. The third-order valence-corrected chi connectivity index (χ3v) is 5.53. The maximum Gasteiger partial charge on any atom is 0.278 e. The van der Waals surface area contributed by atoms with Crippen LogP contribution in [0.15, 0.2) is 71.1 Å². The lowest BCUT2D eigenvalue weighted by atomic mass is 10.0. The van der Waals surface area contributed by atoms with Crippen molar-refractivity contribution in [3.05, 3.63) is 89.0 Å². The Morgan fingerprint density at radius 3 is 2.58 bits per heavy atom. The van der Waals surface area contributed by atoms with Gasteiger partial charge in [0, 0.05) is 44.7 Å². The number of hydrogen-bond acceptors (Lipinski definition) is 7. The van der Waals surface area contributed by atoms with Gasteiger partial charge in [-0.25, -0.2) is 18.7 Å². The van der Waals surface area contributed by atoms with Gasteiger partial charge in [-0.1, -0.05) is 24.3 Å². The lowest BCUT2D eigenvalue weighted by Gasteiger charge is -2.09. The Hall–Kier alpha value is -4.05. The molecule has 0 saturated carbocycles. The van der Waals surface area contributed by atoms with Gasteiger partial charge in [-0.2, -0.15) is 10.2 Å². The Kier molecular flexibility index (Phi) is 9.29. The number of nitrogens with zero attached hydrogens (tertiary/aromatic N) is 5. The summed E-state index contributed by atoms with van der Waals surface area (Å²) in [6.07, 6.45) is 0.763. The molecule has 1 amide bonds. The number of benzene rings is 2. The molecular formula is C26H27F2N5O3. The minimum Gasteiger partial charge on any atom is -0.508 e. The van der Waals surface area contributed by atoms with Crippen LogP contribution in [0.2, 0.25) is 0 Å². The van der Waals surface area contributed by atoms with Crippen LogP contribution in [0, 0.1) is 0 Å². The Morgan fingerprint density at radius 1 is 1.17 bits per heavy atom. The van der Waals surface area contributed by atoms with E-state index in [9.17, 15) is 23.8 Å². The largest absolute Gasteiger partial charge is 0.508 e. The number of carbonyl (C=O) groups is 1. The lowest BCUT2D eigenvalue weighted by molar-refractivity contribution is 0.0816. The molecule has 0 aliphatic carbocycles. The molecule has 2 aromatic carbocycles. The highest BCUT2D eigenvalue weighted by molar-refractivity contribution is 5.98. The second-order valence-electron chi connectivity index (χ2n) is 8.17. The van der Waals surface area contributed by atoms with E-state index in [4.69, 9.17) is 0 Å². The highest BCUT2D eigenvalue weighted by Crippen LogP contribution is 2.23. The molecule has 1 aromatic heterocycles. The number of aromatic hydroxyl groups is 1. The molecule has 8 nitrogen and oxygen atoms in total. The van der Waals surface area contributed by atoms with Crippen molar-refractivity contribution in [1.29, 1.82) is 0 Å². The summed E-state index contributed by atoms with van der Waals surface area (Å²) in [5, 5.41) is 25.7. The van der Waals surface area contributed by atoms with E-state index in [1.54, 1.807) is 54.7 Å². The van der Waals surface area contributed by atoms with Crippen LogP contribution >= 0.6 is 0 Å². The summed E-state index contributed by atoms with van der Waals surface area (Å²) >= 11 is 0. The van der Waals surface area contributed by atoms with Gasteiger partial charge >= 0.3 is 0 Å². The Morgan fingerprint density at radius 2 is 1.92 bits per heavy atom. The summed E-state index contributed by atoms with van der Waals surface area (Å²) in [6, 6.07) is 13.8. The summed E-state index contributed by atoms with van der Waals surface area (Å²) in [5.74, 6) is 0.696. The Labute approximate surface area is 207 Å². The summed E-state index contributed by atoms with van der Waals surface area (Å²) in [5.41, 5.74) is 2.83. The summed E-state index contributed by atoms with van der Waals surface area (Å²) < 4.78 is 25.3. The topological polar surface area (TPSA) is 111 Å². The van der Waals surface area contributed by atoms with Crippen molar-refractivity contribution in [2.45, 2.75) is 38.3 Å². The standard InChI is InChI=1S/C14H15F2N3O.C12H12N2O2/c1-17-18-12(13(15)16)6-4-9-3-5-10-8-19(2)14(20)11(10)7-9;15-10-4-1-3-9(7-10)11(16)8-12-13-5-2-6-14-12/h3,5,7,13H,1,4,6,8H2,2H3;1-7,11,15-16H,8H2/b18-12+;. The van der Waals surface area contributed by atoms with E-state index in [0.717, 1.165) is 11.1 Å². The number of halogens is 2. The van der Waals surface area contributed by atoms with E-state index in [0.29, 0.717) is 36.3 Å². The molecule has 3 aromatic rings. The van der Waals surface area contributed by atoms with Crippen molar-refractivity contribution in [3.63, 3.8) is 0 Å². The van der Waals surface area contributed by atoms with Crippen LogP contribution in [-0.4, -0.2) is 56.9 Å². The molecule has 36 heavy (non-hydrogen) atoms. The van der Waals surface area contributed by atoms with Gasteiger partial charge in [0.05, 0.1) is 6.10 Å². The van der Waals surface area contributed by atoms with Gasteiger partial charge in [-0.05, 0) is 53.8 Å². The predicted octanol–water partition coefficient (Wildman–Crippen LogP) is 3.98. The molecular weight excluding hydrogens is 468 g/mol. The van der Waals surface area contributed by atoms with Crippen LogP contribution in [0.4, 0.5) is 8.78 Å². The van der Waals surface area contributed by atoms with Gasteiger partial charge in [-0.3, -0.25) is 4.79 Å². The number of aliphatic hydroxyl groups excluding tert-OH is 1. The number of phenolic OH excluding ortho intramolecular Hbond substituents is 1. The number of alkyl halides is 2. The van der Waals surface area contributed by atoms with Crippen LogP contribution in [0.25, 0.3) is 0 Å². The van der Waals surface area contributed by atoms with Gasteiger partial charge in [0.2, 0.25) is 0 Å². The normalized spacial score (nSPS) is 13.8. The van der Waals surface area contributed by atoms with Crippen molar-refractivity contribution >= 4 is 18.3 Å². The second kappa shape index (κ2) is 12.6. The van der Waals surface area contributed by atoms with Gasteiger partial charge in [0.25, 0.3) is 12.3 Å². The quantitative estimate of drug-likeness (QED) is 0.363. The number of aryl methyl sites for hydroxylation is 1. The van der Waals surface area contributed by atoms with E-state index in [-0.39, 0.29) is 23.8 Å². The highest BCUT2D eigenvalue weighted by Gasteiger charge is 2.24. The van der Waals surface area contributed by atoms with Crippen LogP contribution in [-0.2, 0) is 19.4 Å². The van der Waals surface area contributed by atoms with E-state index in [1.807, 2.05) is 12.1 Å². The minimum atomic E-state index is -2.64. The number of aromatic nitrogens is 2. The molecule has 1 aliphatic rings. The zero-order valence-electron chi connectivity index (χ0n) is 19.8. The third kappa shape index (κ3) is 7.22. The van der Waals surface area contributed by atoms with E-state index in [2.05, 4.69) is 26.9 Å². The summed E-state index contributed by atoms with van der Waals surface area (Å²) in [4.78, 5) is 21.5. The Balaban J connectivity index is 0.000000205. The average molecular weight is 496 g/mol. The number of rotatable bonds is 8. The van der Waals surface area contributed by atoms with Gasteiger partial charge in [-0.15, -0.1) is 0 Å². The first-order valence-electron chi connectivity index (χ1n) is 11.2. The first-order valence-corrected chi connectivity index (χ1v) is 11.2. The zero-order valence-corrected chi connectivity index (χ0v) is 19.8. The van der Waals surface area contributed by atoms with Crippen molar-refractivity contribution < 1.29 is 23.8 Å². The summed E-state index contributed by atoms with van der Waals surface area (Å²) in [6.45, 7) is 3.68. The molecule has 188 valence electrons. The predicted molar refractivity (Wildman–Crippen MR) is 132 cm³/mol. The zero-order chi connectivity index (χ0) is 26.1. The van der Waals surface area contributed by atoms with Crippen molar-refractivity contribution in [1.82, 2.24) is 14.9 Å². The van der Waals surface area contributed by atoms with Gasteiger partial charge in [0.15, 0.2) is 0 Å². The molecule has 1 aliphatic heterocycles. The fourth-order valence-corrected chi connectivity index (χ4v) is 3.67. The number of fused-ring (bicyclic) bond motifs is 1. The number of carbonyl (C=O) groups excluding carboxylic acids is 1. The highest BCUT2D eigenvalue weighted by atomic mass is 19.3. The molecule has 0 spiro atoms. The van der Waals surface area contributed by atoms with Crippen LogP contribution < -0.4 is 0 Å². The molecule has 0 saturated heterocycles. The fourth-order valence-electron chi connectivity index (χ4n) is 3.67. The van der Waals surface area contributed by atoms with Gasteiger partial charge < -0.3 is 15.1 Å². The molecule has 1 unspecified atom stereocenters. The lowest BCUT2D eigenvalue weighted by Crippen LogP contribution is -2.17. The fraction of sp³-hybridized carbons (Fsp3) is 0.269. The smallest absolute Gasteiger partial charge is 0.278 e. The molecule has 2 N–H and O–H groups in total. The third-order valence-electron chi connectivity index (χ3n) is 5.53. The van der Waals surface area contributed by atoms with Crippen molar-refractivity contribution in [2.75, 3.05) is 7.05 Å². The maximum absolute atomic E-state index is 12.6. The number of phenols is 1. The SMILES string of the molecule is C=N/N=C(\CCc1ccc2c(c1)C(=O)N(C)C2)C(F)F.Oc1cccc(C(O)Cc2ncccn2)c1. The minimum absolute atomic E-state index is 0.0302. The molecule has 0 fully saturated rings. The molecule has 0 radical (unpaired) electrons. The Bertz CT molecular complexity index is 1220. The van der Waals surface area contributed by atoms with Crippen LogP contribution in [0.5, 0.6) is 5.75 Å². The van der Waals surface area contributed by atoms with E-state index >= 15 is 0 Å². The average Bonchev–Trinajstić information content (AvgIpc) is 3.15. The molecule has 2 heterocycles. The summed E-state index contributed by atoms with van der Waals surface area (Å²) in [7, 11) is 1.74. The van der Waals surface area contributed by atoms with E-state index < -0.39 is 12.5 Å². The van der Waals surface area contributed by atoms with Crippen LogP contribution in [0.1, 0.15) is 45.4 Å². The molecule has 4 rings (SSSR count). The first-order chi connectivity index (χ1) is 17.3. The number of amides is 1. The van der Waals surface area contributed by atoms with Crippen molar-refractivity contribution in [3.8, 4) is 5.75 Å². The number of aliphatic hydroxyl groups is 1. The van der Waals surface area contributed by atoms with Gasteiger partial charge in [0.1, 0.15) is 17.3 Å². The van der Waals surface area contributed by atoms with E-state index in [1.165, 1.54) is 6.07 Å². The molecule has 1 atom stereocenters. The maximum atomic E-state index is 12.6. The molecule has 0 bridgehead atoms.